The second-order valence-corrected chi connectivity index (χ2v) is 10.1. The monoisotopic (exact) mass is 514 g/mol. The van der Waals surface area contributed by atoms with E-state index in [-0.39, 0.29) is 37.0 Å². The van der Waals surface area contributed by atoms with Crippen LogP contribution in [-0.2, 0) is 14.3 Å². The van der Waals surface area contributed by atoms with Crippen LogP contribution in [0.1, 0.15) is 44.7 Å². The lowest BCUT2D eigenvalue weighted by atomic mass is 9.84. The highest BCUT2D eigenvalue weighted by atomic mass is 35.5. The molecule has 1 aliphatic carbocycles. The molecule has 4 rings (SSSR count). The molecule has 1 aromatic rings. The first-order chi connectivity index (χ1) is 17.3. The number of benzene rings is 1. The standard InChI is InChI=1S/C27H35ClN4O4/c1-4-13-32-22(17-30-14-15-31(18(3)16-30)25(33)20-7-6-8-20)23(26(34)36-5-2)24(29-27(32)35)19-9-11-21(28)12-10-19/h4,9-12,18,20,24H,1,5-8,13-17H2,2-3H3,(H,29,35). The Morgan fingerprint density at radius 2 is 1.94 bits per heavy atom. The van der Waals surface area contributed by atoms with Crippen LogP contribution in [0.15, 0.2) is 48.2 Å². The summed E-state index contributed by atoms with van der Waals surface area (Å²) >= 11 is 6.08. The van der Waals surface area contributed by atoms with Crippen LogP contribution in [0, 0.1) is 5.92 Å². The maximum atomic E-state index is 13.3. The number of carbonyl (C=O) groups is 3. The third-order valence-electron chi connectivity index (χ3n) is 7.27. The van der Waals surface area contributed by atoms with E-state index < -0.39 is 12.0 Å². The molecule has 194 valence electrons. The Morgan fingerprint density at radius 1 is 1.22 bits per heavy atom. The number of ether oxygens (including phenoxy) is 1. The van der Waals surface area contributed by atoms with Crippen molar-refractivity contribution in [3.8, 4) is 0 Å². The number of hydrogen-bond acceptors (Lipinski definition) is 5. The fourth-order valence-electron chi connectivity index (χ4n) is 5.16. The Balaban J connectivity index is 1.65. The van der Waals surface area contributed by atoms with E-state index in [0.29, 0.717) is 42.5 Å². The summed E-state index contributed by atoms with van der Waals surface area (Å²) in [6, 6.07) is 6.17. The minimum Gasteiger partial charge on any atom is -0.463 e. The van der Waals surface area contributed by atoms with Crippen molar-refractivity contribution in [2.75, 3.05) is 39.3 Å². The summed E-state index contributed by atoms with van der Waals surface area (Å²) in [5.74, 6) is -0.0382. The van der Waals surface area contributed by atoms with Crippen molar-refractivity contribution >= 4 is 29.5 Å². The van der Waals surface area contributed by atoms with Crippen molar-refractivity contribution in [2.24, 2.45) is 5.92 Å². The molecule has 3 aliphatic rings. The Morgan fingerprint density at radius 3 is 2.53 bits per heavy atom. The highest BCUT2D eigenvalue weighted by Crippen LogP contribution is 2.34. The van der Waals surface area contributed by atoms with Gasteiger partial charge in [0.15, 0.2) is 0 Å². The second kappa shape index (κ2) is 11.5. The van der Waals surface area contributed by atoms with Crippen molar-refractivity contribution < 1.29 is 19.1 Å². The van der Waals surface area contributed by atoms with Crippen molar-refractivity contribution in [1.82, 2.24) is 20.0 Å². The normalized spacial score (nSPS) is 23.2. The molecular weight excluding hydrogens is 480 g/mol. The molecule has 2 heterocycles. The number of carbonyl (C=O) groups excluding carboxylic acids is 3. The van der Waals surface area contributed by atoms with Crippen molar-refractivity contribution in [3.05, 3.63) is 58.8 Å². The number of rotatable bonds is 8. The lowest BCUT2D eigenvalue weighted by Gasteiger charge is -2.44. The average molecular weight is 515 g/mol. The fourth-order valence-corrected chi connectivity index (χ4v) is 5.28. The molecule has 9 heteroatoms. The number of urea groups is 1. The third kappa shape index (κ3) is 5.44. The number of nitrogens with zero attached hydrogens (tertiary/aromatic N) is 3. The van der Waals surface area contributed by atoms with Crippen LogP contribution in [0.5, 0.6) is 0 Å². The van der Waals surface area contributed by atoms with Gasteiger partial charge in [-0.05, 0) is 44.4 Å². The van der Waals surface area contributed by atoms with Gasteiger partial charge in [-0.1, -0.05) is 36.2 Å². The van der Waals surface area contributed by atoms with E-state index in [9.17, 15) is 14.4 Å². The number of piperazine rings is 1. The zero-order chi connectivity index (χ0) is 25.8. The highest BCUT2D eigenvalue weighted by Gasteiger charge is 2.40. The molecule has 1 aromatic carbocycles. The average Bonchev–Trinajstić information content (AvgIpc) is 2.80. The minimum absolute atomic E-state index is 0.0517. The maximum absolute atomic E-state index is 13.3. The summed E-state index contributed by atoms with van der Waals surface area (Å²) in [4.78, 5) is 45.1. The summed E-state index contributed by atoms with van der Waals surface area (Å²) in [7, 11) is 0. The van der Waals surface area contributed by atoms with Crippen molar-refractivity contribution in [1.29, 1.82) is 0 Å². The first kappa shape index (κ1) is 26.2. The fraction of sp³-hybridized carbons (Fsp3) is 0.519. The SMILES string of the molecule is C=CCN1C(=O)NC(c2ccc(Cl)cc2)C(C(=O)OCC)=C1CN1CCN(C(=O)C2CCC2)C(C)C1. The largest absolute Gasteiger partial charge is 0.463 e. The van der Waals surface area contributed by atoms with Crippen molar-refractivity contribution in [2.45, 2.75) is 45.2 Å². The molecule has 0 bridgehead atoms. The van der Waals surface area contributed by atoms with Gasteiger partial charge in [0.25, 0.3) is 0 Å². The molecular formula is C27H35ClN4O4. The molecule has 36 heavy (non-hydrogen) atoms. The summed E-state index contributed by atoms with van der Waals surface area (Å²) in [5, 5.41) is 3.53. The van der Waals surface area contributed by atoms with Crippen LogP contribution < -0.4 is 5.32 Å². The lowest BCUT2D eigenvalue weighted by Crippen LogP contribution is -2.57. The van der Waals surface area contributed by atoms with E-state index in [1.165, 1.54) is 0 Å². The topological polar surface area (TPSA) is 82.2 Å². The summed E-state index contributed by atoms with van der Waals surface area (Å²) in [6.07, 6.45) is 4.74. The minimum atomic E-state index is -0.663. The van der Waals surface area contributed by atoms with E-state index in [0.717, 1.165) is 24.8 Å². The Hall–Kier alpha value is -2.84. The molecule has 3 amide bonds. The molecule has 0 aromatic heterocycles. The number of halogens is 1. The Kier molecular flexibility index (Phi) is 8.36. The predicted octanol–water partition coefficient (Wildman–Crippen LogP) is 3.74. The molecule has 8 nitrogen and oxygen atoms in total. The van der Waals surface area contributed by atoms with Gasteiger partial charge < -0.3 is 15.0 Å². The first-order valence-corrected chi connectivity index (χ1v) is 13.1. The van der Waals surface area contributed by atoms with E-state index in [1.807, 2.05) is 4.90 Å². The molecule has 1 saturated carbocycles. The molecule has 2 aliphatic heterocycles. The molecule has 1 N–H and O–H groups in total. The third-order valence-corrected chi connectivity index (χ3v) is 7.52. The second-order valence-electron chi connectivity index (χ2n) is 9.66. The van der Waals surface area contributed by atoms with Gasteiger partial charge in [0, 0.05) is 55.4 Å². The van der Waals surface area contributed by atoms with E-state index >= 15 is 0 Å². The number of esters is 1. The Bertz CT molecular complexity index is 1040. The van der Waals surface area contributed by atoms with Crippen LogP contribution in [0.3, 0.4) is 0 Å². The van der Waals surface area contributed by atoms with Crippen LogP contribution in [0.4, 0.5) is 4.79 Å². The van der Waals surface area contributed by atoms with Crippen molar-refractivity contribution in [3.63, 3.8) is 0 Å². The van der Waals surface area contributed by atoms with Crippen LogP contribution in [0.25, 0.3) is 0 Å². The molecule has 2 fully saturated rings. The Labute approximate surface area is 217 Å². The number of nitrogens with one attached hydrogen (secondary N) is 1. The molecule has 2 atom stereocenters. The lowest BCUT2D eigenvalue weighted by molar-refractivity contribution is -0.142. The van der Waals surface area contributed by atoms with Gasteiger partial charge in [-0.3, -0.25) is 14.6 Å². The molecule has 2 unspecified atom stereocenters. The summed E-state index contributed by atoms with van der Waals surface area (Å²) in [6.45, 7) is 10.4. The van der Waals surface area contributed by atoms with Gasteiger partial charge in [-0.25, -0.2) is 9.59 Å². The van der Waals surface area contributed by atoms with Gasteiger partial charge in [0.2, 0.25) is 5.91 Å². The zero-order valence-electron chi connectivity index (χ0n) is 21.0. The van der Waals surface area contributed by atoms with Gasteiger partial charge in [-0.2, -0.15) is 0 Å². The van der Waals surface area contributed by atoms with Gasteiger partial charge >= 0.3 is 12.0 Å². The van der Waals surface area contributed by atoms with E-state index in [4.69, 9.17) is 16.3 Å². The number of amides is 3. The molecule has 1 saturated heterocycles. The van der Waals surface area contributed by atoms with Crippen LogP contribution in [-0.4, -0.2) is 78.0 Å². The predicted molar refractivity (Wildman–Crippen MR) is 138 cm³/mol. The molecule has 0 spiro atoms. The molecule has 0 radical (unpaired) electrons. The highest BCUT2D eigenvalue weighted by molar-refractivity contribution is 6.30. The van der Waals surface area contributed by atoms with Gasteiger partial charge in [0.1, 0.15) is 0 Å². The zero-order valence-corrected chi connectivity index (χ0v) is 21.8. The van der Waals surface area contributed by atoms with Gasteiger partial charge in [-0.15, -0.1) is 6.58 Å². The van der Waals surface area contributed by atoms with E-state index in [1.54, 1.807) is 42.2 Å². The summed E-state index contributed by atoms with van der Waals surface area (Å²) < 4.78 is 5.45. The quantitative estimate of drug-likeness (QED) is 0.422. The summed E-state index contributed by atoms with van der Waals surface area (Å²) in [5.41, 5.74) is 1.75. The van der Waals surface area contributed by atoms with Crippen LogP contribution in [0.2, 0.25) is 5.02 Å². The smallest absolute Gasteiger partial charge is 0.338 e. The maximum Gasteiger partial charge on any atom is 0.338 e. The first-order valence-electron chi connectivity index (χ1n) is 12.7. The number of hydrogen-bond donors (Lipinski definition) is 1. The van der Waals surface area contributed by atoms with Crippen LogP contribution >= 0.6 is 11.6 Å². The van der Waals surface area contributed by atoms with E-state index in [2.05, 4.69) is 23.7 Å². The van der Waals surface area contributed by atoms with Gasteiger partial charge in [0.05, 0.1) is 18.2 Å².